The van der Waals surface area contributed by atoms with Crippen LogP contribution in [0, 0.1) is 0 Å². The lowest BCUT2D eigenvalue weighted by Gasteiger charge is -2.24. The Balaban J connectivity index is 0.00000225. The third-order valence-electron chi connectivity index (χ3n) is 5.75. The van der Waals surface area contributed by atoms with Gasteiger partial charge in [-0.15, -0.1) is 12.4 Å². The molecule has 3 unspecified atom stereocenters. The second-order valence-corrected chi connectivity index (χ2v) is 9.46. The fourth-order valence-electron chi connectivity index (χ4n) is 4.18. The number of amides is 1. The molecule has 2 bridgehead atoms. The lowest BCUT2D eigenvalue weighted by Crippen LogP contribution is -2.39. The van der Waals surface area contributed by atoms with E-state index in [0.717, 1.165) is 38.8 Å². The molecule has 1 aromatic carbocycles. The van der Waals surface area contributed by atoms with Crippen molar-refractivity contribution < 1.29 is 17.9 Å². The first-order chi connectivity index (χ1) is 13.0. The first-order valence-corrected chi connectivity index (χ1v) is 11.3. The quantitative estimate of drug-likeness (QED) is 0.741. The number of nitrogens with zero attached hydrogens (tertiary/aromatic N) is 1. The minimum Gasteiger partial charge on any atom is -0.377 e. The van der Waals surface area contributed by atoms with Crippen LogP contribution in [0.15, 0.2) is 29.2 Å². The molecule has 3 saturated heterocycles. The number of hydrogen-bond donors (Lipinski definition) is 2. The van der Waals surface area contributed by atoms with Gasteiger partial charge in [0.05, 0.1) is 11.0 Å². The number of fused-ring (bicyclic) bond motifs is 2. The van der Waals surface area contributed by atoms with Crippen LogP contribution in [0.5, 0.6) is 0 Å². The van der Waals surface area contributed by atoms with Gasteiger partial charge in [0.15, 0.2) is 0 Å². The molecule has 4 rings (SSSR count). The van der Waals surface area contributed by atoms with Crippen LogP contribution in [-0.2, 0) is 14.8 Å². The summed E-state index contributed by atoms with van der Waals surface area (Å²) in [5, 5.41) is 3.56. The maximum Gasteiger partial charge on any atom is 0.253 e. The smallest absolute Gasteiger partial charge is 0.253 e. The van der Waals surface area contributed by atoms with Gasteiger partial charge in [-0.3, -0.25) is 4.79 Å². The SMILES string of the molecule is Cl.O=C(c1ccc(S(=O)(=O)NCC2CCCO2)cc1)N1CCC2CCC(C1)N2. The maximum atomic E-state index is 12.8. The molecule has 0 radical (unpaired) electrons. The van der Waals surface area contributed by atoms with E-state index in [-0.39, 0.29) is 35.9 Å². The van der Waals surface area contributed by atoms with E-state index in [2.05, 4.69) is 10.0 Å². The first kappa shape index (κ1) is 21.5. The molecule has 1 aromatic rings. The predicted molar refractivity (Wildman–Crippen MR) is 108 cm³/mol. The summed E-state index contributed by atoms with van der Waals surface area (Å²) in [6.07, 6.45) is 5.08. The van der Waals surface area contributed by atoms with Crippen LogP contribution in [0.3, 0.4) is 0 Å². The van der Waals surface area contributed by atoms with Crippen LogP contribution in [-0.4, -0.2) is 63.7 Å². The van der Waals surface area contributed by atoms with E-state index in [4.69, 9.17) is 4.74 Å². The highest BCUT2D eigenvalue weighted by atomic mass is 35.5. The third kappa shape index (κ3) is 4.86. The molecular weight excluding hydrogens is 402 g/mol. The molecule has 3 aliphatic heterocycles. The van der Waals surface area contributed by atoms with E-state index >= 15 is 0 Å². The van der Waals surface area contributed by atoms with E-state index in [1.54, 1.807) is 12.1 Å². The normalized spacial score (nSPS) is 27.3. The molecule has 3 heterocycles. The van der Waals surface area contributed by atoms with Crippen molar-refractivity contribution in [3.05, 3.63) is 29.8 Å². The van der Waals surface area contributed by atoms with Gasteiger partial charge in [-0.25, -0.2) is 13.1 Å². The van der Waals surface area contributed by atoms with Gasteiger partial charge < -0.3 is 15.0 Å². The predicted octanol–water partition coefficient (Wildman–Crippen LogP) is 1.53. The summed E-state index contributed by atoms with van der Waals surface area (Å²) in [4.78, 5) is 14.9. The van der Waals surface area contributed by atoms with Gasteiger partial charge in [0.25, 0.3) is 5.91 Å². The molecule has 2 N–H and O–H groups in total. The van der Waals surface area contributed by atoms with Crippen LogP contribution >= 0.6 is 12.4 Å². The van der Waals surface area contributed by atoms with Crippen molar-refractivity contribution in [1.82, 2.24) is 14.9 Å². The number of hydrogen-bond acceptors (Lipinski definition) is 5. The van der Waals surface area contributed by atoms with E-state index in [1.165, 1.54) is 18.6 Å². The summed E-state index contributed by atoms with van der Waals surface area (Å²) >= 11 is 0. The molecule has 0 aliphatic carbocycles. The van der Waals surface area contributed by atoms with Crippen LogP contribution in [0.2, 0.25) is 0 Å². The monoisotopic (exact) mass is 429 g/mol. The average Bonchev–Trinajstić information content (AvgIpc) is 3.29. The Morgan fingerprint density at radius 1 is 1.14 bits per heavy atom. The summed E-state index contributed by atoms with van der Waals surface area (Å²) in [5.41, 5.74) is 0.533. The second-order valence-electron chi connectivity index (χ2n) is 7.69. The number of nitrogens with one attached hydrogen (secondary N) is 2. The number of benzene rings is 1. The summed E-state index contributed by atoms with van der Waals surface area (Å²) < 4.78 is 32.9. The Morgan fingerprint density at radius 2 is 1.89 bits per heavy atom. The molecule has 0 saturated carbocycles. The van der Waals surface area contributed by atoms with E-state index in [1.807, 2.05) is 4.90 Å². The number of ether oxygens (including phenoxy) is 1. The standard InChI is InChI=1S/C19H27N3O4S.ClH/c23-19(22-10-9-15-5-6-16(13-22)21-15)14-3-7-18(8-4-14)27(24,25)20-12-17-2-1-11-26-17;/h3-4,7-8,15-17,20-21H,1-2,5-6,9-13H2;1H. The van der Waals surface area contributed by atoms with Gasteiger partial charge in [-0.05, 0) is 56.4 Å². The number of halogens is 1. The molecule has 3 aliphatic rings. The molecule has 0 spiro atoms. The highest BCUT2D eigenvalue weighted by Gasteiger charge is 2.31. The van der Waals surface area contributed by atoms with E-state index in [0.29, 0.717) is 24.3 Å². The summed E-state index contributed by atoms with van der Waals surface area (Å²) in [6, 6.07) is 7.14. The van der Waals surface area contributed by atoms with Gasteiger partial charge in [-0.1, -0.05) is 0 Å². The minimum atomic E-state index is -3.59. The van der Waals surface area contributed by atoms with Crippen LogP contribution in [0.1, 0.15) is 42.5 Å². The van der Waals surface area contributed by atoms with E-state index in [9.17, 15) is 13.2 Å². The third-order valence-corrected chi connectivity index (χ3v) is 7.19. The fraction of sp³-hybridized carbons (Fsp3) is 0.632. The van der Waals surface area contributed by atoms with Crippen molar-refractivity contribution >= 4 is 28.3 Å². The zero-order chi connectivity index (χ0) is 18.9. The molecule has 28 heavy (non-hydrogen) atoms. The van der Waals surface area contributed by atoms with Crippen LogP contribution in [0.25, 0.3) is 0 Å². The number of sulfonamides is 1. The van der Waals surface area contributed by atoms with Crippen molar-refractivity contribution in [3.63, 3.8) is 0 Å². The zero-order valence-corrected chi connectivity index (χ0v) is 17.4. The van der Waals surface area contributed by atoms with Crippen molar-refractivity contribution in [2.45, 2.75) is 55.2 Å². The molecule has 3 fully saturated rings. The lowest BCUT2D eigenvalue weighted by atomic mass is 10.1. The highest BCUT2D eigenvalue weighted by Crippen LogP contribution is 2.22. The zero-order valence-electron chi connectivity index (χ0n) is 15.8. The topological polar surface area (TPSA) is 87.7 Å². The number of rotatable bonds is 5. The first-order valence-electron chi connectivity index (χ1n) is 9.78. The molecule has 3 atom stereocenters. The van der Waals surface area contributed by atoms with Gasteiger partial charge in [0.2, 0.25) is 10.0 Å². The number of carbonyl (C=O) groups excluding carboxylic acids is 1. The van der Waals surface area contributed by atoms with Gasteiger partial charge in [0, 0.05) is 43.9 Å². The molecule has 0 aromatic heterocycles. The summed E-state index contributed by atoms with van der Waals surface area (Å²) in [6.45, 7) is 2.44. The van der Waals surface area contributed by atoms with Gasteiger partial charge in [-0.2, -0.15) is 0 Å². The molecular formula is C19H28ClN3O4S. The molecule has 156 valence electrons. The number of likely N-dealkylation sites (tertiary alicyclic amines) is 1. The number of carbonyl (C=O) groups is 1. The Morgan fingerprint density at radius 3 is 2.61 bits per heavy atom. The Labute approximate surface area is 172 Å². The van der Waals surface area contributed by atoms with Crippen molar-refractivity contribution in [1.29, 1.82) is 0 Å². The van der Waals surface area contributed by atoms with Gasteiger partial charge in [0.1, 0.15) is 0 Å². The minimum absolute atomic E-state index is 0. The van der Waals surface area contributed by atoms with Crippen molar-refractivity contribution in [2.75, 3.05) is 26.2 Å². The largest absolute Gasteiger partial charge is 0.377 e. The molecule has 7 nitrogen and oxygen atoms in total. The highest BCUT2D eigenvalue weighted by molar-refractivity contribution is 7.89. The Hall–Kier alpha value is -1.19. The average molecular weight is 430 g/mol. The second kappa shape index (κ2) is 9.09. The lowest BCUT2D eigenvalue weighted by molar-refractivity contribution is 0.0748. The van der Waals surface area contributed by atoms with Crippen molar-refractivity contribution in [3.8, 4) is 0 Å². The van der Waals surface area contributed by atoms with E-state index < -0.39 is 10.0 Å². The molecule has 9 heteroatoms. The maximum absolute atomic E-state index is 12.8. The summed E-state index contributed by atoms with van der Waals surface area (Å²) in [5.74, 6) is -0.0272. The Bertz CT molecular complexity index is 781. The Kier molecular flexibility index (Phi) is 6.98. The molecule has 1 amide bonds. The fourth-order valence-corrected chi connectivity index (χ4v) is 5.24. The van der Waals surface area contributed by atoms with Crippen LogP contribution in [0.4, 0.5) is 0 Å². The van der Waals surface area contributed by atoms with Crippen LogP contribution < -0.4 is 10.0 Å². The van der Waals surface area contributed by atoms with Crippen molar-refractivity contribution in [2.24, 2.45) is 0 Å². The summed E-state index contributed by atoms with van der Waals surface area (Å²) in [7, 11) is -3.59. The van der Waals surface area contributed by atoms with Gasteiger partial charge >= 0.3 is 0 Å².